The maximum atomic E-state index is 11.6. The maximum Gasteiger partial charge on any atom is 0.307 e. The Labute approximate surface area is 129 Å². The monoisotopic (exact) mass is 306 g/mol. The molecule has 1 aromatic carbocycles. The first kappa shape index (κ1) is 15.6. The molecular weight excluding hydrogens is 288 g/mol. The smallest absolute Gasteiger partial charge is 0.307 e. The summed E-state index contributed by atoms with van der Waals surface area (Å²) in [7, 11) is 1.79. The number of hydrogen-bond acceptors (Lipinski definition) is 2. The van der Waals surface area contributed by atoms with E-state index >= 15 is 0 Å². The van der Waals surface area contributed by atoms with Gasteiger partial charge in [-0.2, -0.15) is 5.10 Å². The lowest BCUT2D eigenvalue weighted by molar-refractivity contribution is -0.141. The molecule has 1 aromatic heterocycles. The Bertz CT molecular complexity index is 664. The van der Waals surface area contributed by atoms with E-state index in [9.17, 15) is 9.90 Å². The highest BCUT2D eigenvalue weighted by atomic mass is 35.5. The predicted molar refractivity (Wildman–Crippen MR) is 82.7 cm³/mol. The number of halogens is 1. The molecule has 0 fully saturated rings. The van der Waals surface area contributed by atoms with Gasteiger partial charge in [-0.3, -0.25) is 9.48 Å². The third-order valence-electron chi connectivity index (χ3n) is 3.78. The van der Waals surface area contributed by atoms with Crippen LogP contribution < -0.4 is 0 Å². The van der Waals surface area contributed by atoms with Crippen molar-refractivity contribution in [1.29, 1.82) is 0 Å². The number of carboxylic acids is 1. The standard InChI is InChI=1S/C16H19ClN2O2/c1-10-6-4-5-7-12(10)8-13(16(20)21)9-14-15(17)11(2)18-19(14)3/h4-7,13H,8-9H2,1-3H3,(H,20,21). The summed E-state index contributed by atoms with van der Waals surface area (Å²) in [4.78, 5) is 11.6. The second-order valence-corrected chi connectivity index (χ2v) is 5.72. The van der Waals surface area contributed by atoms with Crippen molar-refractivity contribution in [2.75, 3.05) is 0 Å². The van der Waals surface area contributed by atoms with Crippen LogP contribution in [0.4, 0.5) is 0 Å². The minimum Gasteiger partial charge on any atom is -0.481 e. The number of carboxylic acid groups (broad SMARTS) is 1. The van der Waals surface area contributed by atoms with Crippen LogP contribution in [0.1, 0.15) is 22.5 Å². The molecule has 1 N–H and O–H groups in total. The first-order valence-corrected chi connectivity index (χ1v) is 7.23. The van der Waals surface area contributed by atoms with E-state index in [1.165, 1.54) is 0 Å². The van der Waals surface area contributed by atoms with E-state index in [2.05, 4.69) is 5.10 Å². The van der Waals surface area contributed by atoms with Gasteiger partial charge in [0.25, 0.3) is 0 Å². The fraction of sp³-hybridized carbons (Fsp3) is 0.375. The Kier molecular flexibility index (Phi) is 4.68. The van der Waals surface area contributed by atoms with Crippen LogP contribution in [0.2, 0.25) is 5.02 Å². The quantitative estimate of drug-likeness (QED) is 0.923. The normalized spacial score (nSPS) is 12.4. The van der Waals surface area contributed by atoms with Gasteiger partial charge in [-0.05, 0) is 31.4 Å². The molecule has 4 nitrogen and oxygen atoms in total. The van der Waals surface area contributed by atoms with Crippen LogP contribution in [0.5, 0.6) is 0 Å². The van der Waals surface area contributed by atoms with E-state index in [1.54, 1.807) is 11.7 Å². The van der Waals surface area contributed by atoms with Crippen LogP contribution in [0.15, 0.2) is 24.3 Å². The van der Waals surface area contributed by atoms with Crippen molar-refractivity contribution in [1.82, 2.24) is 9.78 Å². The molecule has 2 rings (SSSR count). The Morgan fingerprint density at radius 2 is 2.00 bits per heavy atom. The lowest BCUT2D eigenvalue weighted by Gasteiger charge is -2.14. The van der Waals surface area contributed by atoms with Crippen molar-refractivity contribution in [2.24, 2.45) is 13.0 Å². The first-order chi connectivity index (χ1) is 9.90. The van der Waals surface area contributed by atoms with Gasteiger partial charge in [0.05, 0.1) is 22.3 Å². The molecule has 0 amide bonds. The lowest BCUT2D eigenvalue weighted by Crippen LogP contribution is -2.21. The van der Waals surface area contributed by atoms with E-state index in [-0.39, 0.29) is 0 Å². The molecule has 0 aliphatic heterocycles. The predicted octanol–water partition coefficient (Wildman–Crippen LogP) is 3.18. The van der Waals surface area contributed by atoms with Crippen molar-refractivity contribution in [3.8, 4) is 0 Å². The minimum atomic E-state index is -0.812. The van der Waals surface area contributed by atoms with Gasteiger partial charge >= 0.3 is 5.97 Å². The van der Waals surface area contributed by atoms with E-state index in [1.807, 2.05) is 38.1 Å². The van der Waals surface area contributed by atoms with E-state index in [0.29, 0.717) is 17.9 Å². The molecule has 0 spiro atoms. The second kappa shape index (κ2) is 6.31. The number of aliphatic carboxylic acids is 1. The summed E-state index contributed by atoms with van der Waals surface area (Å²) in [5.41, 5.74) is 3.67. The highest BCUT2D eigenvalue weighted by molar-refractivity contribution is 6.31. The number of carbonyl (C=O) groups is 1. The molecule has 1 atom stereocenters. The highest BCUT2D eigenvalue weighted by Crippen LogP contribution is 2.24. The molecule has 5 heteroatoms. The largest absolute Gasteiger partial charge is 0.481 e. The summed E-state index contributed by atoms with van der Waals surface area (Å²) in [6, 6.07) is 7.86. The molecule has 21 heavy (non-hydrogen) atoms. The molecule has 0 bridgehead atoms. The van der Waals surface area contributed by atoms with E-state index in [4.69, 9.17) is 11.6 Å². The van der Waals surface area contributed by atoms with Crippen LogP contribution >= 0.6 is 11.6 Å². The second-order valence-electron chi connectivity index (χ2n) is 5.34. The maximum absolute atomic E-state index is 11.6. The molecule has 0 radical (unpaired) electrons. The van der Waals surface area contributed by atoms with Gasteiger partial charge in [0.1, 0.15) is 0 Å². The highest BCUT2D eigenvalue weighted by Gasteiger charge is 2.23. The van der Waals surface area contributed by atoms with Crippen LogP contribution in [-0.4, -0.2) is 20.9 Å². The van der Waals surface area contributed by atoms with E-state index in [0.717, 1.165) is 22.5 Å². The fourth-order valence-corrected chi connectivity index (χ4v) is 2.72. The average molecular weight is 307 g/mol. The first-order valence-electron chi connectivity index (χ1n) is 6.85. The van der Waals surface area contributed by atoms with Gasteiger partial charge in [0, 0.05) is 13.5 Å². The van der Waals surface area contributed by atoms with Crippen LogP contribution in [0, 0.1) is 19.8 Å². The van der Waals surface area contributed by atoms with Crippen LogP contribution in [-0.2, 0) is 24.7 Å². The number of aromatic nitrogens is 2. The molecule has 112 valence electrons. The Morgan fingerprint density at radius 3 is 2.52 bits per heavy atom. The molecule has 2 aromatic rings. The number of aryl methyl sites for hydroxylation is 3. The zero-order chi connectivity index (χ0) is 15.6. The van der Waals surface area contributed by atoms with Gasteiger partial charge in [0.2, 0.25) is 0 Å². The van der Waals surface area contributed by atoms with Gasteiger partial charge in [-0.25, -0.2) is 0 Å². The summed E-state index contributed by atoms with van der Waals surface area (Å²) in [6.45, 7) is 3.82. The molecule has 0 saturated heterocycles. The summed E-state index contributed by atoms with van der Waals surface area (Å²) in [6.07, 6.45) is 0.863. The van der Waals surface area contributed by atoms with Gasteiger partial charge < -0.3 is 5.11 Å². The summed E-state index contributed by atoms with van der Waals surface area (Å²) < 4.78 is 1.67. The summed E-state index contributed by atoms with van der Waals surface area (Å²) >= 11 is 6.22. The van der Waals surface area contributed by atoms with Gasteiger partial charge in [0.15, 0.2) is 0 Å². The van der Waals surface area contributed by atoms with Crippen molar-refractivity contribution in [2.45, 2.75) is 26.7 Å². The molecular formula is C16H19ClN2O2. The lowest BCUT2D eigenvalue weighted by atomic mass is 9.92. The molecule has 1 unspecified atom stereocenters. The summed E-state index contributed by atoms with van der Waals surface area (Å²) in [5.74, 6) is -1.33. The Balaban J connectivity index is 2.24. The Hall–Kier alpha value is -1.81. The third kappa shape index (κ3) is 3.45. The van der Waals surface area contributed by atoms with Gasteiger partial charge in [-0.15, -0.1) is 0 Å². The molecule has 1 heterocycles. The van der Waals surface area contributed by atoms with Crippen LogP contribution in [0.25, 0.3) is 0 Å². The number of benzene rings is 1. The number of nitrogens with zero attached hydrogens (tertiary/aromatic N) is 2. The number of hydrogen-bond donors (Lipinski definition) is 1. The topological polar surface area (TPSA) is 55.1 Å². The minimum absolute atomic E-state index is 0.375. The van der Waals surface area contributed by atoms with Crippen molar-refractivity contribution < 1.29 is 9.90 Å². The average Bonchev–Trinajstić information content (AvgIpc) is 2.66. The van der Waals surface area contributed by atoms with Gasteiger partial charge in [-0.1, -0.05) is 35.9 Å². The zero-order valence-electron chi connectivity index (χ0n) is 12.4. The molecule has 0 aliphatic carbocycles. The fourth-order valence-electron chi connectivity index (χ4n) is 2.49. The van der Waals surface area contributed by atoms with Crippen LogP contribution in [0.3, 0.4) is 0 Å². The Morgan fingerprint density at radius 1 is 1.33 bits per heavy atom. The molecule has 0 aliphatic rings. The SMILES string of the molecule is Cc1ccccc1CC(Cc1c(Cl)c(C)nn1C)C(=O)O. The van der Waals surface area contributed by atoms with E-state index < -0.39 is 11.9 Å². The number of rotatable bonds is 5. The van der Waals surface area contributed by atoms with Crippen molar-refractivity contribution in [3.05, 3.63) is 51.8 Å². The van der Waals surface area contributed by atoms with Crippen molar-refractivity contribution >= 4 is 17.6 Å². The third-order valence-corrected chi connectivity index (χ3v) is 4.27. The summed E-state index contributed by atoms with van der Waals surface area (Å²) in [5, 5.41) is 14.3. The molecule has 0 saturated carbocycles. The zero-order valence-corrected chi connectivity index (χ0v) is 13.2. The van der Waals surface area contributed by atoms with Crippen molar-refractivity contribution in [3.63, 3.8) is 0 Å².